The van der Waals surface area contributed by atoms with Crippen LogP contribution in [0.5, 0.6) is 11.5 Å². The lowest BCUT2D eigenvalue weighted by Gasteiger charge is -2.17. The molecule has 112 valence electrons. The van der Waals surface area contributed by atoms with Gasteiger partial charge in [-0.1, -0.05) is 6.07 Å². The summed E-state index contributed by atoms with van der Waals surface area (Å²) in [4.78, 5) is 15.5. The molecule has 2 rings (SSSR count). The SMILES string of the molecule is COc1cc(CN(C)C(=O)c2cc(N)c(C)s2)ccc1O. The Hall–Kier alpha value is -2.21. The second kappa shape index (κ2) is 6.05. The van der Waals surface area contributed by atoms with Crippen molar-refractivity contribution in [2.45, 2.75) is 13.5 Å². The monoisotopic (exact) mass is 306 g/mol. The molecular formula is C15H18N2O3S. The molecule has 0 aliphatic rings. The third kappa shape index (κ3) is 3.28. The number of aryl methyl sites for hydroxylation is 1. The Labute approximate surface area is 127 Å². The standard InChI is InChI=1S/C15H18N2O3S/c1-9-11(16)7-14(21-9)15(19)17(2)8-10-4-5-12(18)13(6-10)20-3/h4-7,18H,8,16H2,1-3H3. The molecule has 0 spiro atoms. The largest absolute Gasteiger partial charge is 0.504 e. The molecule has 0 bridgehead atoms. The summed E-state index contributed by atoms with van der Waals surface area (Å²) in [5, 5.41) is 9.57. The molecule has 0 aliphatic carbocycles. The van der Waals surface area contributed by atoms with Crippen LogP contribution in [0.4, 0.5) is 5.69 Å². The van der Waals surface area contributed by atoms with E-state index in [2.05, 4.69) is 0 Å². The summed E-state index contributed by atoms with van der Waals surface area (Å²) in [6.07, 6.45) is 0. The number of ether oxygens (including phenoxy) is 1. The average Bonchev–Trinajstić information content (AvgIpc) is 2.79. The highest BCUT2D eigenvalue weighted by Gasteiger charge is 2.16. The maximum atomic E-state index is 12.3. The van der Waals surface area contributed by atoms with Crippen molar-refractivity contribution in [2.75, 3.05) is 19.9 Å². The number of hydrogen-bond donors (Lipinski definition) is 2. The van der Waals surface area contributed by atoms with Gasteiger partial charge < -0.3 is 20.5 Å². The first kappa shape index (κ1) is 15.2. The number of thiophene rings is 1. The van der Waals surface area contributed by atoms with E-state index < -0.39 is 0 Å². The predicted molar refractivity (Wildman–Crippen MR) is 83.9 cm³/mol. The van der Waals surface area contributed by atoms with E-state index in [0.717, 1.165) is 10.4 Å². The van der Waals surface area contributed by atoms with E-state index in [9.17, 15) is 9.90 Å². The first-order valence-corrected chi connectivity index (χ1v) is 7.21. The molecule has 0 atom stereocenters. The zero-order chi connectivity index (χ0) is 15.6. The van der Waals surface area contributed by atoms with E-state index in [1.54, 1.807) is 36.2 Å². The number of aromatic hydroxyl groups is 1. The third-order valence-electron chi connectivity index (χ3n) is 3.18. The van der Waals surface area contributed by atoms with Crippen LogP contribution in [-0.2, 0) is 6.54 Å². The maximum absolute atomic E-state index is 12.3. The fourth-order valence-electron chi connectivity index (χ4n) is 1.96. The van der Waals surface area contributed by atoms with E-state index >= 15 is 0 Å². The number of nitrogens with two attached hydrogens (primary N) is 1. The Kier molecular flexibility index (Phi) is 4.37. The number of carbonyl (C=O) groups is 1. The number of phenolic OH excluding ortho intramolecular Hbond substituents is 1. The Morgan fingerprint density at radius 2 is 2.14 bits per heavy atom. The minimum Gasteiger partial charge on any atom is -0.504 e. The zero-order valence-electron chi connectivity index (χ0n) is 12.2. The van der Waals surface area contributed by atoms with E-state index in [1.807, 2.05) is 6.92 Å². The van der Waals surface area contributed by atoms with Crippen LogP contribution >= 0.6 is 11.3 Å². The van der Waals surface area contributed by atoms with Gasteiger partial charge in [-0.2, -0.15) is 0 Å². The first-order chi connectivity index (χ1) is 9.92. The van der Waals surface area contributed by atoms with Gasteiger partial charge in [0.2, 0.25) is 0 Å². The van der Waals surface area contributed by atoms with Gasteiger partial charge in [0, 0.05) is 24.2 Å². The van der Waals surface area contributed by atoms with E-state index in [-0.39, 0.29) is 11.7 Å². The molecule has 0 saturated heterocycles. The summed E-state index contributed by atoms with van der Waals surface area (Å²) < 4.78 is 5.06. The van der Waals surface area contributed by atoms with Gasteiger partial charge in [0.15, 0.2) is 11.5 Å². The molecule has 21 heavy (non-hydrogen) atoms. The minimum absolute atomic E-state index is 0.0770. The number of phenols is 1. The van der Waals surface area contributed by atoms with Gasteiger partial charge in [-0.25, -0.2) is 0 Å². The number of anilines is 1. The minimum atomic E-state index is -0.0770. The number of amides is 1. The van der Waals surface area contributed by atoms with Crippen LogP contribution in [0.3, 0.4) is 0 Å². The molecule has 0 unspecified atom stereocenters. The van der Waals surface area contributed by atoms with Crippen LogP contribution in [0, 0.1) is 6.92 Å². The molecule has 1 aromatic heterocycles. The van der Waals surface area contributed by atoms with Crippen LogP contribution < -0.4 is 10.5 Å². The van der Waals surface area contributed by atoms with Gasteiger partial charge in [-0.3, -0.25) is 4.79 Å². The van der Waals surface area contributed by atoms with E-state index in [4.69, 9.17) is 10.5 Å². The topological polar surface area (TPSA) is 75.8 Å². The van der Waals surface area contributed by atoms with Crippen LogP contribution in [0.25, 0.3) is 0 Å². The number of nitrogen functional groups attached to an aromatic ring is 1. The number of carbonyl (C=O) groups excluding carboxylic acids is 1. The fraction of sp³-hybridized carbons (Fsp3) is 0.267. The predicted octanol–water partition coefficient (Wildman–Crippen LogP) is 2.63. The molecule has 0 fully saturated rings. The summed E-state index contributed by atoms with van der Waals surface area (Å²) >= 11 is 1.39. The summed E-state index contributed by atoms with van der Waals surface area (Å²) in [7, 11) is 3.22. The molecule has 6 heteroatoms. The van der Waals surface area contributed by atoms with Gasteiger partial charge in [-0.15, -0.1) is 11.3 Å². The molecule has 1 amide bonds. The van der Waals surface area contributed by atoms with Gasteiger partial charge in [-0.05, 0) is 30.7 Å². The molecule has 3 N–H and O–H groups in total. The number of methoxy groups -OCH3 is 1. The Bertz CT molecular complexity index is 647. The second-order valence-electron chi connectivity index (χ2n) is 4.79. The average molecular weight is 306 g/mol. The van der Waals surface area contributed by atoms with Crippen molar-refractivity contribution in [2.24, 2.45) is 0 Å². The third-order valence-corrected chi connectivity index (χ3v) is 4.23. The maximum Gasteiger partial charge on any atom is 0.264 e. The van der Waals surface area contributed by atoms with E-state index in [0.29, 0.717) is 22.9 Å². The first-order valence-electron chi connectivity index (χ1n) is 6.39. The van der Waals surface area contributed by atoms with Crippen molar-refractivity contribution in [3.05, 3.63) is 39.6 Å². The van der Waals surface area contributed by atoms with Gasteiger partial charge >= 0.3 is 0 Å². The van der Waals surface area contributed by atoms with Crippen molar-refractivity contribution in [1.29, 1.82) is 0 Å². The van der Waals surface area contributed by atoms with Gasteiger partial charge in [0.25, 0.3) is 5.91 Å². The Morgan fingerprint density at radius 1 is 1.43 bits per heavy atom. The normalized spacial score (nSPS) is 10.4. The molecule has 0 radical (unpaired) electrons. The number of nitrogens with zero attached hydrogens (tertiary/aromatic N) is 1. The van der Waals surface area contributed by atoms with Crippen molar-refractivity contribution in [3.8, 4) is 11.5 Å². The summed E-state index contributed by atoms with van der Waals surface area (Å²) in [5.41, 5.74) is 7.30. The lowest BCUT2D eigenvalue weighted by molar-refractivity contribution is 0.0790. The molecule has 2 aromatic rings. The summed E-state index contributed by atoms with van der Waals surface area (Å²) in [5.74, 6) is 0.397. The van der Waals surface area contributed by atoms with Crippen LogP contribution in [0.15, 0.2) is 24.3 Å². The zero-order valence-corrected chi connectivity index (χ0v) is 13.0. The highest BCUT2D eigenvalue weighted by molar-refractivity contribution is 7.14. The van der Waals surface area contributed by atoms with Crippen LogP contribution in [-0.4, -0.2) is 30.1 Å². The molecule has 0 aliphatic heterocycles. The smallest absolute Gasteiger partial charge is 0.264 e. The number of benzene rings is 1. The molecule has 0 saturated carbocycles. The number of hydrogen-bond acceptors (Lipinski definition) is 5. The molecule has 1 aromatic carbocycles. The second-order valence-corrected chi connectivity index (χ2v) is 6.05. The highest BCUT2D eigenvalue weighted by Crippen LogP contribution is 2.28. The highest BCUT2D eigenvalue weighted by atomic mass is 32.1. The summed E-state index contributed by atoms with van der Waals surface area (Å²) in [6, 6.07) is 6.73. The lowest BCUT2D eigenvalue weighted by atomic mass is 10.2. The van der Waals surface area contributed by atoms with Crippen LogP contribution in [0.1, 0.15) is 20.1 Å². The van der Waals surface area contributed by atoms with Crippen LogP contribution in [0.2, 0.25) is 0 Å². The van der Waals surface area contributed by atoms with Gasteiger partial charge in [0.1, 0.15) is 0 Å². The summed E-state index contributed by atoms with van der Waals surface area (Å²) in [6.45, 7) is 2.31. The van der Waals surface area contributed by atoms with E-state index in [1.165, 1.54) is 18.4 Å². The lowest BCUT2D eigenvalue weighted by Crippen LogP contribution is -2.25. The van der Waals surface area contributed by atoms with Crippen molar-refractivity contribution >= 4 is 22.9 Å². The molecular weight excluding hydrogens is 288 g/mol. The van der Waals surface area contributed by atoms with Gasteiger partial charge in [0.05, 0.1) is 12.0 Å². The molecule has 5 nitrogen and oxygen atoms in total. The Balaban J connectivity index is 2.13. The van der Waals surface area contributed by atoms with Crippen molar-refractivity contribution in [3.63, 3.8) is 0 Å². The quantitative estimate of drug-likeness (QED) is 0.910. The fourth-order valence-corrected chi connectivity index (χ4v) is 2.89. The van der Waals surface area contributed by atoms with Crippen molar-refractivity contribution in [1.82, 2.24) is 4.90 Å². The number of rotatable bonds is 4. The Morgan fingerprint density at radius 3 is 2.71 bits per heavy atom. The molecule has 1 heterocycles. The van der Waals surface area contributed by atoms with Crippen molar-refractivity contribution < 1.29 is 14.6 Å².